The number of methoxy groups -OCH3 is 1. The Bertz CT molecular complexity index is 880. The van der Waals surface area contributed by atoms with Crippen LogP contribution >= 0.6 is 0 Å². The number of hydrogen-bond donors (Lipinski definition) is 2. The lowest BCUT2D eigenvalue weighted by molar-refractivity contribution is -0.147. The summed E-state index contributed by atoms with van der Waals surface area (Å²) in [4.78, 5) is 54.4. The van der Waals surface area contributed by atoms with Crippen molar-refractivity contribution in [2.24, 2.45) is 5.73 Å². The van der Waals surface area contributed by atoms with Crippen molar-refractivity contribution in [3.8, 4) is 0 Å². The zero-order valence-electron chi connectivity index (χ0n) is 20.3. The molecular weight excluding hydrogens is 452 g/mol. The Morgan fingerprint density at radius 3 is 2.40 bits per heavy atom. The number of benzene rings is 1. The minimum atomic E-state index is -0.785. The smallest absolute Gasteiger partial charge is 0.410 e. The zero-order valence-corrected chi connectivity index (χ0v) is 20.3. The van der Waals surface area contributed by atoms with Crippen LogP contribution in [0.2, 0.25) is 0 Å². The first kappa shape index (κ1) is 26.5. The van der Waals surface area contributed by atoms with E-state index in [0.717, 1.165) is 12.0 Å². The number of carbonyl (C=O) groups is 4. The third-order valence-electron chi connectivity index (χ3n) is 6.57. The predicted octanol–water partition coefficient (Wildman–Crippen LogP) is 1.57. The van der Waals surface area contributed by atoms with Gasteiger partial charge in [0.05, 0.1) is 7.11 Å². The van der Waals surface area contributed by atoms with Crippen LogP contribution in [0.3, 0.4) is 0 Å². The van der Waals surface area contributed by atoms with E-state index in [1.807, 2.05) is 30.3 Å². The van der Waals surface area contributed by atoms with Crippen molar-refractivity contribution in [3.05, 3.63) is 35.9 Å². The molecule has 10 heteroatoms. The van der Waals surface area contributed by atoms with Gasteiger partial charge in [0.15, 0.2) is 0 Å². The van der Waals surface area contributed by atoms with Crippen LogP contribution in [0.5, 0.6) is 0 Å². The van der Waals surface area contributed by atoms with E-state index in [9.17, 15) is 19.2 Å². The Morgan fingerprint density at radius 1 is 1.03 bits per heavy atom. The number of rotatable bonds is 10. The van der Waals surface area contributed by atoms with Crippen molar-refractivity contribution in [2.75, 3.05) is 26.7 Å². The highest BCUT2D eigenvalue weighted by Crippen LogP contribution is 2.26. The van der Waals surface area contributed by atoms with Gasteiger partial charge >= 0.3 is 12.1 Å². The van der Waals surface area contributed by atoms with Gasteiger partial charge in [-0.1, -0.05) is 30.3 Å². The number of unbranched alkanes of at least 4 members (excludes halogenated alkanes) is 1. The summed E-state index contributed by atoms with van der Waals surface area (Å²) in [5.74, 6) is -1.15. The fourth-order valence-electron chi connectivity index (χ4n) is 4.69. The summed E-state index contributed by atoms with van der Waals surface area (Å²) in [5.41, 5.74) is 6.40. The molecule has 2 heterocycles. The number of nitrogens with two attached hydrogens (primary N) is 1. The van der Waals surface area contributed by atoms with Crippen LogP contribution in [0.1, 0.15) is 50.5 Å². The molecule has 2 fully saturated rings. The molecule has 3 rings (SSSR count). The highest BCUT2D eigenvalue weighted by molar-refractivity contribution is 5.93. The van der Waals surface area contributed by atoms with Crippen LogP contribution in [0.15, 0.2) is 30.3 Å². The monoisotopic (exact) mass is 488 g/mol. The fraction of sp³-hybridized carbons (Fsp3) is 0.600. The number of nitrogens with one attached hydrogen (secondary N) is 1. The quantitative estimate of drug-likeness (QED) is 0.377. The van der Waals surface area contributed by atoms with E-state index in [1.54, 1.807) is 0 Å². The molecule has 192 valence electrons. The molecule has 0 saturated carbocycles. The molecule has 0 bridgehead atoms. The number of hydrogen-bond acceptors (Lipinski definition) is 7. The second kappa shape index (κ2) is 13.1. The molecule has 1 aromatic carbocycles. The van der Waals surface area contributed by atoms with E-state index < -0.39 is 30.2 Å². The van der Waals surface area contributed by atoms with Gasteiger partial charge in [-0.15, -0.1) is 0 Å². The summed E-state index contributed by atoms with van der Waals surface area (Å²) < 4.78 is 10.3. The van der Waals surface area contributed by atoms with E-state index in [-0.39, 0.29) is 18.4 Å². The Morgan fingerprint density at radius 2 is 1.71 bits per heavy atom. The standard InChI is InChI=1S/C25H36N4O6/c1-34-24(32)19(11-5-6-14-26)27-22(30)20-12-7-15-28(20)23(31)21-13-8-16-29(21)25(33)35-17-18-9-3-2-4-10-18/h2-4,9-10,19-21H,5-8,11-17,26H2,1H3,(H,27,30)/t19-,20-,21-/m0/s1. The molecular formula is C25H36N4O6. The minimum Gasteiger partial charge on any atom is -0.467 e. The highest BCUT2D eigenvalue weighted by Gasteiger charge is 2.43. The topological polar surface area (TPSA) is 131 Å². The van der Waals surface area contributed by atoms with Crippen LogP contribution in [0, 0.1) is 0 Å². The summed E-state index contributed by atoms with van der Waals surface area (Å²) in [6, 6.07) is 7.22. The third-order valence-corrected chi connectivity index (χ3v) is 6.57. The molecule has 10 nitrogen and oxygen atoms in total. The van der Waals surface area contributed by atoms with Crippen molar-refractivity contribution >= 4 is 23.9 Å². The average molecular weight is 489 g/mol. The first-order valence-electron chi connectivity index (χ1n) is 12.3. The summed E-state index contributed by atoms with van der Waals surface area (Å²) >= 11 is 0. The lowest BCUT2D eigenvalue weighted by Crippen LogP contribution is -2.55. The lowest BCUT2D eigenvalue weighted by Gasteiger charge is -2.31. The first-order valence-corrected chi connectivity index (χ1v) is 12.3. The second-order valence-corrected chi connectivity index (χ2v) is 8.95. The average Bonchev–Trinajstić information content (AvgIpc) is 3.57. The maximum atomic E-state index is 13.4. The molecule has 3 amide bonds. The Kier molecular flexibility index (Phi) is 9.89. The van der Waals surface area contributed by atoms with E-state index in [1.165, 1.54) is 16.9 Å². The van der Waals surface area contributed by atoms with Gasteiger partial charge in [-0.05, 0) is 57.1 Å². The van der Waals surface area contributed by atoms with Crippen molar-refractivity contribution in [2.45, 2.75) is 69.7 Å². The number of amides is 3. The third kappa shape index (κ3) is 6.94. The Balaban J connectivity index is 1.61. The van der Waals surface area contributed by atoms with E-state index in [2.05, 4.69) is 5.32 Å². The normalized spacial score (nSPS) is 20.4. The molecule has 2 aliphatic heterocycles. The van der Waals surface area contributed by atoms with Crippen molar-refractivity contribution < 1.29 is 28.7 Å². The van der Waals surface area contributed by atoms with Crippen LogP contribution in [0.25, 0.3) is 0 Å². The van der Waals surface area contributed by atoms with Crippen LogP contribution in [-0.2, 0) is 30.5 Å². The van der Waals surface area contributed by atoms with E-state index >= 15 is 0 Å². The lowest BCUT2D eigenvalue weighted by atomic mass is 10.1. The van der Waals surface area contributed by atoms with Crippen LogP contribution < -0.4 is 11.1 Å². The van der Waals surface area contributed by atoms with Gasteiger partial charge in [0.1, 0.15) is 24.7 Å². The van der Waals surface area contributed by atoms with E-state index in [0.29, 0.717) is 58.2 Å². The molecule has 35 heavy (non-hydrogen) atoms. The van der Waals surface area contributed by atoms with Crippen LogP contribution in [-0.4, -0.2) is 78.5 Å². The number of ether oxygens (including phenoxy) is 2. The maximum Gasteiger partial charge on any atom is 0.410 e. The molecule has 2 aliphatic rings. The van der Waals surface area contributed by atoms with Crippen molar-refractivity contribution in [3.63, 3.8) is 0 Å². The molecule has 0 unspecified atom stereocenters. The van der Waals surface area contributed by atoms with Gasteiger partial charge in [0.2, 0.25) is 11.8 Å². The van der Waals surface area contributed by atoms with Gasteiger partial charge in [0, 0.05) is 13.1 Å². The first-order chi connectivity index (χ1) is 17.0. The van der Waals surface area contributed by atoms with Crippen molar-refractivity contribution in [1.82, 2.24) is 15.1 Å². The SMILES string of the molecule is COC(=O)[C@H](CCCCN)NC(=O)[C@@H]1CCCN1C(=O)[C@@H]1CCCN1C(=O)OCc1ccccc1. The molecule has 2 saturated heterocycles. The number of carbonyl (C=O) groups excluding carboxylic acids is 4. The number of nitrogens with zero attached hydrogens (tertiary/aromatic N) is 2. The molecule has 0 aromatic heterocycles. The largest absolute Gasteiger partial charge is 0.467 e. The van der Waals surface area contributed by atoms with Gasteiger partial charge in [0.25, 0.3) is 0 Å². The predicted molar refractivity (Wildman–Crippen MR) is 128 cm³/mol. The van der Waals surface area contributed by atoms with Gasteiger partial charge in [-0.25, -0.2) is 9.59 Å². The molecule has 0 radical (unpaired) electrons. The molecule has 3 N–H and O–H groups in total. The summed E-state index contributed by atoms with van der Waals surface area (Å²) in [6.07, 6.45) is 3.67. The van der Waals surface area contributed by atoms with Crippen molar-refractivity contribution in [1.29, 1.82) is 0 Å². The summed E-state index contributed by atoms with van der Waals surface area (Å²) in [7, 11) is 1.28. The van der Waals surface area contributed by atoms with Crippen LogP contribution in [0.4, 0.5) is 4.79 Å². The number of esters is 1. The number of likely N-dealkylation sites (tertiary alicyclic amines) is 2. The second-order valence-electron chi connectivity index (χ2n) is 8.95. The summed E-state index contributed by atoms with van der Waals surface area (Å²) in [6.45, 7) is 1.49. The van der Waals surface area contributed by atoms with Gasteiger partial charge in [-0.2, -0.15) is 0 Å². The Labute approximate surface area is 206 Å². The maximum absolute atomic E-state index is 13.4. The summed E-state index contributed by atoms with van der Waals surface area (Å²) in [5, 5.41) is 2.76. The zero-order chi connectivity index (χ0) is 25.2. The minimum absolute atomic E-state index is 0.130. The molecule has 0 aliphatic carbocycles. The van der Waals surface area contributed by atoms with Gasteiger partial charge < -0.3 is 25.4 Å². The van der Waals surface area contributed by atoms with E-state index in [4.69, 9.17) is 15.2 Å². The van der Waals surface area contributed by atoms with Gasteiger partial charge in [-0.3, -0.25) is 14.5 Å². The molecule has 3 atom stereocenters. The molecule has 1 aromatic rings. The Hall–Kier alpha value is -3.14. The highest BCUT2D eigenvalue weighted by atomic mass is 16.6. The molecule has 0 spiro atoms. The fourth-order valence-corrected chi connectivity index (χ4v) is 4.69.